The number of aliphatic hydroxyl groups excluding tert-OH is 1. The molecule has 0 spiro atoms. The number of halogens is 2. The first kappa shape index (κ1) is 23.8. The largest absolute Gasteiger partial charge is 0.490 e. The Morgan fingerprint density at radius 3 is 2.73 bits per heavy atom. The molecule has 8 nitrogen and oxygen atoms in total. The molecule has 3 heterocycles. The maximum atomic E-state index is 12.6. The smallest absolute Gasteiger partial charge is 0.254 e. The van der Waals surface area contributed by atoms with Gasteiger partial charge in [-0.05, 0) is 38.8 Å². The molecule has 1 fully saturated rings. The topological polar surface area (TPSA) is 92.0 Å². The number of ether oxygens (including phenoxy) is 1. The highest BCUT2D eigenvalue weighted by atomic mass is 35.5. The van der Waals surface area contributed by atoms with Crippen LogP contribution in [0.25, 0.3) is 5.65 Å². The van der Waals surface area contributed by atoms with Gasteiger partial charge in [0.1, 0.15) is 11.9 Å². The average Bonchev–Trinajstić information content (AvgIpc) is 3.17. The number of benzene rings is 1. The summed E-state index contributed by atoms with van der Waals surface area (Å²) in [5.41, 5.74) is 2.69. The molecule has 10 heteroatoms. The quantitative estimate of drug-likeness (QED) is 0.526. The number of hydrogen-bond donors (Lipinski definition) is 2. The number of aromatic nitrogens is 3. The molecule has 0 aliphatic carbocycles. The first-order valence-electron chi connectivity index (χ1n) is 10.9. The molecule has 2 N–H and O–H groups in total. The molecule has 0 unspecified atom stereocenters. The summed E-state index contributed by atoms with van der Waals surface area (Å²) < 4.78 is 7.67. The van der Waals surface area contributed by atoms with Crippen LogP contribution in [0.2, 0.25) is 10.0 Å². The van der Waals surface area contributed by atoms with Gasteiger partial charge in [0.2, 0.25) is 0 Å². The Kier molecular flexibility index (Phi) is 7.38. The SMILES string of the molecule is Cc1cc2ncc(C(=O)NC[C@@H](O)CN3CCC(Oc4ccc(Cl)c(Cl)c4)CC3)c(C)n2n1. The van der Waals surface area contributed by atoms with Crippen LogP contribution in [-0.4, -0.2) is 68.9 Å². The van der Waals surface area contributed by atoms with Crippen LogP contribution in [0.5, 0.6) is 5.75 Å². The van der Waals surface area contributed by atoms with Crippen LogP contribution in [0.3, 0.4) is 0 Å². The van der Waals surface area contributed by atoms with Crippen molar-refractivity contribution in [3.8, 4) is 5.75 Å². The number of amides is 1. The van der Waals surface area contributed by atoms with Gasteiger partial charge < -0.3 is 20.1 Å². The van der Waals surface area contributed by atoms with E-state index in [1.807, 2.05) is 26.0 Å². The molecule has 1 atom stereocenters. The Balaban J connectivity index is 1.23. The highest BCUT2D eigenvalue weighted by Gasteiger charge is 2.23. The molecule has 4 rings (SSSR count). The van der Waals surface area contributed by atoms with Gasteiger partial charge in [0.15, 0.2) is 5.65 Å². The fourth-order valence-corrected chi connectivity index (χ4v) is 4.29. The van der Waals surface area contributed by atoms with Crippen molar-refractivity contribution in [1.29, 1.82) is 0 Å². The molecular formula is C23H27Cl2N5O3. The number of carbonyl (C=O) groups excluding carboxylic acids is 1. The van der Waals surface area contributed by atoms with Gasteiger partial charge in [-0.3, -0.25) is 4.79 Å². The number of fused-ring (bicyclic) bond motifs is 1. The van der Waals surface area contributed by atoms with Crippen molar-refractivity contribution >= 4 is 34.8 Å². The van der Waals surface area contributed by atoms with Crippen LogP contribution in [-0.2, 0) is 0 Å². The van der Waals surface area contributed by atoms with Gasteiger partial charge in [0.25, 0.3) is 5.91 Å². The lowest BCUT2D eigenvalue weighted by Crippen LogP contribution is -2.45. The average molecular weight is 492 g/mol. The maximum absolute atomic E-state index is 12.6. The summed E-state index contributed by atoms with van der Waals surface area (Å²) in [4.78, 5) is 19.1. The van der Waals surface area contributed by atoms with Crippen molar-refractivity contribution in [3.05, 3.63) is 57.5 Å². The summed E-state index contributed by atoms with van der Waals surface area (Å²) in [6.07, 6.45) is 2.64. The van der Waals surface area contributed by atoms with Gasteiger partial charge in [0.05, 0.1) is 33.1 Å². The third kappa shape index (κ3) is 5.76. The molecule has 1 amide bonds. The molecule has 1 saturated heterocycles. The predicted octanol–water partition coefficient (Wildman–Crippen LogP) is 3.29. The number of carbonyl (C=O) groups is 1. The van der Waals surface area contributed by atoms with Crippen LogP contribution >= 0.6 is 23.2 Å². The lowest BCUT2D eigenvalue weighted by atomic mass is 10.1. The second kappa shape index (κ2) is 10.3. The minimum absolute atomic E-state index is 0.0895. The van der Waals surface area contributed by atoms with Crippen LogP contribution in [0.4, 0.5) is 0 Å². The first-order chi connectivity index (χ1) is 15.8. The summed E-state index contributed by atoms with van der Waals surface area (Å²) in [5, 5.41) is 18.6. The molecule has 33 heavy (non-hydrogen) atoms. The summed E-state index contributed by atoms with van der Waals surface area (Å²) in [6, 6.07) is 7.13. The number of β-amino-alcohol motifs (C(OH)–C–C–N with tert-alkyl or cyclic N) is 1. The number of aliphatic hydroxyl groups is 1. The summed E-state index contributed by atoms with van der Waals surface area (Å²) in [5.74, 6) is 0.432. The van der Waals surface area contributed by atoms with Crippen molar-refractivity contribution in [2.24, 2.45) is 0 Å². The first-order valence-corrected chi connectivity index (χ1v) is 11.7. The fraction of sp³-hybridized carbons (Fsp3) is 0.435. The van der Waals surface area contributed by atoms with Gasteiger partial charge in [-0.25, -0.2) is 9.50 Å². The second-order valence-electron chi connectivity index (χ2n) is 8.37. The minimum atomic E-state index is -0.676. The number of aryl methyl sites for hydroxylation is 2. The van der Waals surface area contributed by atoms with Gasteiger partial charge in [-0.15, -0.1) is 0 Å². The highest BCUT2D eigenvalue weighted by molar-refractivity contribution is 6.42. The van der Waals surface area contributed by atoms with Crippen molar-refractivity contribution < 1.29 is 14.6 Å². The van der Waals surface area contributed by atoms with Gasteiger partial charge in [0, 0.05) is 44.5 Å². The predicted molar refractivity (Wildman–Crippen MR) is 127 cm³/mol. The lowest BCUT2D eigenvalue weighted by molar-refractivity contribution is 0.0594. The maximum Gasteiger partial charge on any atom is 0.254 e. The third-order valence-electron chi connectivity index (χ3n) is 5.79. The zero-order valence-corrected chi connectivity index (χ0v) is 20.1. The van der Waals surface area contributed by atoms with Crippen molar-refractivity contribution in [3.63, 3.8) is 0 Å². The van der Waals surface area contributed by atoms with E-state index in [2.05, 4.69) is 20.3 Å². The van der Waals surface area contributed by atoms with E-state index < -0.39 is 6.10 Å². The Labute approximate surface area is 202 Å². The van der Waals surface area contributed by atoms with E-state index in [0.717, 1.165) is 31.6 Å². The highest BCUT2D eigenvalue weighted by Crippen LogP contribution is 2.28. The normalized spacial score (nSPS) is 16.2. The van der Waals surface area contributed by atoms with Crippen LogP contribution < -0.4 is 10.1 Å². The molecule has 3 aromatic rings. The Hall–Kier alpha value is -2.39. The number of likely N-dealkylation sites (tertiary alicyclic amines) is 1. The summed E-state index contributed by atoms with van der Waals surface area (Å²) >= 11 is 12.0. The standard InChI is InChI=1S/C23H27Cl2N5O3/c1-14-9-22-26-12-19(15(2)30(22)28-14)23(32)27-11-16(31)13-29-7-5-17(6-8-29)33-18-3-4-20(24)21(25)10-18/h3-4,9-10,12,16-17,31H,5-8,11,13H2,1-2H3,(H,27,32)/t16-/m1/s1. The molecular weight excluding hydrogens is 465 g/mol. The third-order valence-corrected chi connectivity index (χ3v) is 6.53. The zero-order chi connectivity index (χ0) is 23.5. The van der Waals surface area contributed by atoms with E-state index >= 15 is 0 Å². The van der Waals surface area contributed by atoms with E-state index in [0.29, 0.717) is 39.2 Å². The molecule has 0 saturated carbocycles. The van der Waals surface area contributed by atoms with Crippen molar-refractivity contribution in [1.82, 2.24) is 24.8 Å². The number of hydrogen-bond acceptors (Lipinski definition) is 6. The molecule has 0 radical (unpaired) electrons. The van der Waals surface area contributed by atoms with Crippen molar-refractivity contribution in [2.45, 2.75) is 38.9 Å². The van der Waals surface area contributed by atoms with Gasteiger partial charge in [-0.2, -0.15) is 5.10 Å². The van der Waals surface area contributed by atoms with Crippen molar-refractivity contribution in [2.75, 3.05) is 26.2 Å². The molecule has 176 valence electrons. The van der Waals surface area contributed by atoms with Crippen LogP contribution in [0.15, 0.2) is 30.5 Å². The van der Waals surface area contributed by atoms with Crippen LogP contribution in [0, 0.1) is 13.8 Å². The lowest BCUT2D eigenvalue weighted by Gasteiger charge is -2.33. The van der Waals surface area contributed by atoms with E-state index in [4.69, 9.17) is 27.9 Å². The Morgan fingerprint density at radius 1 is 1.24 bits per heavy atom. The fourth-order valence-electron chi connectivity index (χ4n) is 4.01. The second-order valence-corrected chi connectivity index (χ2v) is 9.18. The molecule has 1 aliphatic rings. The van der Waals surface area contributed by atoms with Gasteiger partial charge in [-0.1, -0.05) is 23.2 Å². The number of nitrogens with zero attached hydrogens (tertiary/aromatic N) is 4. The Bertz CT molecular complexity index is 1140. The zero-order valence-electron chi connectivity index (χ0n) is 18.6. The number of rotatable bonds is 7. The van der Waals surface area contributed by atoms with E-state index in [1.54, 1.807) is 22.8 Å². The van der Waals surface area contributed by atoms with E-state index in [-0.39, 0.29) is 18.6 Å². The minimum Gasteiger partial charge on any atom is -0.490 e. The van der Waals surface area contributed by atoms with Crippen LogP contribution in [0.1, 0.15) is 34.6 Å². The summed E-state index contributed by atoms with van der Waals surface area (Å²) in [6.45, 7) is 5.95. The molecule has 1 aromatic carbocycles. The summed E-state index contributed by atoms with van der Waals surface area (Å²) in [7, 11) is 0. The van der Waals surface area contributed by atoms with E-state index in [9.17, 15) is 9.90 Å². The number of nitrogens with one attached hydrogen (secondary N) is 1. The molecule has 1 aliphatic heterocycles. The monoisotopic (exact) mass is 491 g/mol. The Morgan fingerprint density at radius 2 is 2.00 bits per heavy atom. The molecule has 2 aromatic heterocycles. The van der Waals surface area contributed by atoms with Gasteiger partial charge >= 0.3 is 0 Å². The molecule has 0 bridgehead atoms. The number of piperidine rings is 1. The van der Waals surface area contributed by atoms with E-state index in [1.165, 1.54) is 0 Å².